The number of rotatable bonds is 2. The Morgan fingerprint density at radius 2 is 1.80 bits per heavy atom. The quantitative estimate of drug-likeness (QED) is 0.561. The molecule has 0 saturated heterocycles. The Hall–Kier alpha value is -1.22. The van der Waals surface area contributed by atoms with E-state index in [1.807, 2.05) is 22.9 Å². The first-order valence-corrected chi connectivity index (χ1v) is 7.06. The van der Waals surface area contributed by atoms with Gasteiger partial charge in [0.1, 0.15) is 5.82 Å². The number of aromatic nitrogens is 1. The second kappa shape index (κ2) is 5.28. The van der Waals surface area contributed by atoms with Crippen LogP contribution in [0.25, 0.3) is 10.9 Å². The molecule has 0 aliphatic heterocycles. The van der Waals surface area contributed by atoms with E-state index in [9.17, 15) is 4.39 Å². The molecule has 0 unspecified atom stereocenters. The summed E-state index contributed by atoms with van der Waals surface area (Å²) in [6.45, 7) is 0.368. The molecule has 0 atom stereocenters. The molecule has 1 aromatic heterocycles. The van der Waals surface area contributed by atoms with Gasteiger partial charge in [0.2, 0.25) is 0 Å². The molecule has 0 aliphatic rings. The van der Waals surface area contributed by atoms with Crippen molar-refractivity contribution in [3.63, 3.8) is 0 Å². The van der Waals surface area contributed by atoms with Gasteiger partial charge in [-0.1, -0.05) is 46.9 Å². The third kappa shape index (κ3) is 2.39. The Morgan fingerprint density at radius 1 is 1.00 bits per heavy atom. The third-order valence-electron chi connectivity index (χ3n) is 3.18. The minimum atomic E-state index is -0.399. The lowest BCUT2D eigenvalue weighted by molar-refractivity contribution is 0.602. The normalized spacial score (nSPS) is 11.2. The summed E-state index contributed by atoms with van der Waals surface area (Å²) in [4.78, 5) is 0. The molecule has 0 N–H and O–H groups in total. The second-order valence-corrected chi connectivity index (χ2v) is 5.73. The SMILES string of the molecule is Fc1c(Cl)cccc1Cn1ccc2c(Cl)cc(Cl)cc21. The molecule has 1 nitrogen and oxygen atoms in total. The zero-order chi connectivity index (χ0) is 14.3. The van der Waals surface area contributed by atoms with Gasteiger partial charge in [0.15, 0.2) is 0 Å². The molecule has 0 bridgehead atoms. The summed E-state index contributed by atoms with van der Waals surface area (Å²) in [5, 5.41) is 2.14. The number of nitrogens with zero attached hydrogens (tertiary/aromatic N) is 1. The Balaban J connectivity index is 2.09. The summed E-state index contributed by atoms with van der Waals surface area (Å²) in [7, 11) is 0. The van der Waals surface area contributed by atoms with E-state index in [4.69, 9.17) is 34.8 Å². The standard InChI is InChI=1S/C15H9Cl3FN/c16-10-6-13(18)11-4-5-20(14(11)7-10)8-9-2-1-3-12(17)15(9)19/h1-7H,8H2. The van der Waals surface area contributed by atoms with Gasteiger partial charge in [-0.05, 0) is 24.3 Å². The van der Waals surface area contributed by atoms with Gasteiger partial charge in [-0.2, -0.15) is 0 Å². The van der Waals surface area contributed by atoms with Gasteiger partial charge in [0.05, 0.1) is 22.1 Å². The smallest absolute Gasteiger partial charge is 0.146 e. The minimum absolute atomic E-state index is 0.120. The molecule has 0 fully saturated rings. The average Bonchev–Trinajstić information content (AvgIpc) is 2.78. The van der Waals surface area contributed by atoms with Crippen LogP contribution in [0.1, 0.15) is 5.56 Å². The molecule has 0 radical (unpaired) electrons. The number of benzene rings is 2. The van der Waals surface area contributed by atoms with E-state index in [1.54, 1.807) is 18.2 Å². The summed E-state index contributed by atoms with van der Waals surface area (Å²) in [6.07, 6.45) is 1.85. The third-order valence-corrected chi connectivity index (χ3v) is 4.00. The molecule has 20 heavy (non-hydrogen) atoms. The fourth-order valence-electron chi connectivity index (χ4n) is 2.21. The van der Waals surface area contributed by atoms with Crippen LogP contribution < -0.4 is 0 Å². The summed E-state index contributed by atoms with van der Waals surface area (Å²) < 4.78 is 15.8. The maximum absolute atomic E-state index is 14.0. The van der Waals surface area contributed by atoms with Gasteiger partial charge < -0.3 is 4.57 Å². The monoisotopic (exact) mass is 327 g/mol. The van der Waals surface area contributed by atoms with Gasteiger partial charge >= 0.3 is 0 Å². The van der Waals surface area contributed by atoms with Crippen molar-refractivity contribution >= 4 is 45.7 Å². The molecule has 5 heteroatoms. The van der Waals surface area contributed by atoms with Crippen molar-refractivity contribution in [1.29, 1.82) is 0 Å². The molecule has 0 amide bonds. The highest BCUT2D eigenvalue weighted by molar-refractivity contribution is 6.38. The molecule has 0 saturated carbocycles. The van der Waals surface area contributed by atoms with Crippen LogP contribution in [0.2, 0.25) is 15.1 Å². The summed E-state index contributed by atoms with van der Waals surface area (Å²) in [5.74, 6) is -0.399. The molecule has 0 spiro atoms. The van der Waals surface area contributed by atoms with E-state index in [2.05, 4.69) is 0 Å². The van der Waals surface area contributed by atoms with Crippen molar-refractivity contribution in [1.82, 2.24) is 4.57 Å². The minimum Gasteiger partial charge on any atom is -0.343 e. The highest BCUT2D eigenvalue weighted by Gasteiger charge is 2.10. The Bertz CT molecular complexity index is 795. The fourth-order valence-corrected chi connectivity index (χ4v) is 2.95. The van der Waals surface area contributed by atoms with Crippen molar-refractivity contribution < 1.29 is 4.39 Å². The zero-order valence-electron chi connectivity index (χ0n) is 10.2. The van der Waals surface area contributed by atoms with Gasteiger partial charge in [-0.25, -0.2) is 4.39 Å². The molecule has 3 aromatic rings. The lowest BCUT2D eigenvalue weighted by atomic mass is 10.2. The van der Waals surface area contributed by atoms with Crippen LogP contribution in [0.5, 0.6) is 0 Å². The van der Waals surface area contributed by atoms with E-state index in [0.717, 1.165) is 10.9 Å². The summed E-state index contributed by atoms with van der Waals surface area (Å²) >= 11 is 18.0. The fraction of sp³-hybridized carbons (Fsp3) is 0.0667. The maximum Gasteiger partial charge on any atom is 0.146 e. The van der Waals surface area contributed by atoms with E-state index >= 15 is 0 Å². The highest BCUT2D eigenvalue weighted by atomic mass is 35.5. The molecule has 3 rings (SSSR count). The molecular weight excluding hydrogens is 320 g/mol. The lowest BCUT2D eigenvalue weighted by Crippen LogP contribution is -2.00. The van der Waals surface area contributed by atoms with Crippen molar-refractivity contribution in [2.24, 2.45) is 0 Å². The first-order valence-electron chi connectivity index (χ1n) is 5.93. The van der Waals surface area contributed by atoms with Crippen LogP contribution in [-0.2, 0) is 6.54 Å². The van der Waals surface area contributed by atoms with Gasteiger partial charge in [-0.15, -0.1) is 0 Å². The van der Waals surface area contributed by atoms with Crippen LogP contribution in [0.4, 0.5) is 4.39 Å². The van der Waals surface area contributed by atoms with E-state index in [0.29, 0.717) is 22.2 Å². The van der Waals surface area contributed by atoms with Crippen LogP contribution >= 0.6 is 34.8 Å². The zero-order valence-corrected chi connectivity index (χ0v) is 12.5. The van der Waals surface area contributed by atoms with E-state index < -0.39 is 5.82 Å². The Labute approximate surface area is 130 Å². The van der Waals surface area contributed by atoms with Crippen LogP contribution in [-0.4, -0.2) is 4.57 Å². The number of halogens is 4. The number of fused-ring (bicyclic) bond motifs is 1. The van der Waals surface area contributed by atoms with E-state index in [1.165, 1.54) is 6.07 Å². The van der Waals surface area contributed by atoms with E-state index in [-0.39, 0.29) is 5.02 Å². The maximum atomic E-state index is 14.0. The topological polar surface area (TPSA) is 4.93 Å². The highest BCUT2D eigenvalue weighted by Crippen LogP contribution is 2.29. The van der Waals surface area contributed by atoms with Crippen molar-refractivity contribution in [3.05, 3.63) is 69.0 Å². The van der Waals surface area contributed by atoms with Gasteiger partial charge in [0.25, 0.3) is 0 Å². The molecule has 0 aliphatic carbocycles. The molecule has 1 heterocycles. The molecule has 102 valence electrons. The summed E-state index contributed by atoms with van der Waals surface area (Å²) in [6, 6.07) is 10.4. The van der Waals surface area contributed by atoms with Crippen molar-refractivity contribution in [2.45, 2.75) is 6.54 Å². The predicted molar refractivity (Wildman–Crippen MR) is 82.5 cm³/mol. The van der Waals surface area contributed by atoms with Crippen molar-refractivity contribution in [3.8, 4) is 0 Å². The second-order valence-electron chi connectivity index (χ2n) is 4.48. The van der Waals surface area contributed by atoms with Gasteiger partial charge in [0, 0.05) is 22.2 Å². The average molecular weight is 329 g/mol. The Kier molecular flexibility index (Phi) is 3.63. The first-order chi connectivity index (χ1) is 9.56. The van der Waals surface area contributed by atoms with Gasteiger partial charge in [-0.3, -0.25) is 0 Å². The molecule has 2 aromatic carbocycles. The largest absolute Gasteiger partial charge is 0.343 e. The van der Waals surface area contributed by atoms with Crippen LogP contribution in [0.15, 0.2) is 42.6 Å². The lowest BCUT2D eigenvalue weighted by Gasteiger charge is -2.08. The number of hydrogen-bond donors (Lipinski definition) is 0. The summed E-state index contributed by atoms with van der Waals surface area (Å²) in [5.41, 5.74) is 1.38. The first kappa shape index (κ1) is 13.7. The number of hydrogen-bond acceptors (Lipinski definition) is 0. The molecular formula is C15H9Cl3FN. The predicted octanol–water partition coefficient (Wildman–Crippen LogP) is 5.79. The van der Waals surface area contributed by atoms with Crippen LogP contribution in [0, 0.1) is 5.82 Å². The van der Waals surface area contributed by atoms with Crippen molar-refractivity contribution in [2.75, 3.05) is 0 Å². The Morgan fingerprint density at radius 3 is 2.60 bits per heavy atom. The van der Waals surface area contributed by atoms with Crippen LogP contribution in [0.3, 0.4) is 0 Å².